The molecular weight excluding hydrogens is 412 g/mol. The van der Waals surface area contributed by atoms with Crippen molar-refractivity contribution >= 4 is 23.6 Å². The third-order valence-electron chi connectivity index (χ3n) is 5.28. The minimum atomic E-state index is -1.10. The van der Waals surface area contributed by atoms with Crippen LogP contribution in [0.4, 0.5) is 8.78 Å². The van der Waals surface area contributed by atoms with Crippen molar-refractivity contribution in [2.24, 2.45) is 5.41 Å². The number of nitrogens with zero attached hydrogens (tertiary/aromatic N) is 1. The lowest BCUT2D eigenvalue weighted by Crippen LogP contribution is -2.51. The highest BCUT2D eigenvalue weighted by atomic mass is 32.2. The molecule has 0 aliphatic carbocycles. The van der Waals surface area contributed by atoms with Crippen molar-refractivity contribution in [2.75, 3.05) is 26.0 Å². The molecule has 1 aliphatic heterocycles. The van der Waals surface area contributed by atoms with Crippen molar-refractivity contribution in [2.45, 2.75) is 31.9 Å². The summed E-state index contributed by atoms with van der Waals surface area (Å²) in [5.41, 5.74) is -0.879. The Labute approximate surface area is 178 Å². The van der Waals surface area contributed by atoms with Gasteiger partial charge in [-0.25, -0.2) is 8.78 Å². The lowest BCUT2D eigenvalue weighted by Gasteiger charge is -2.40. The third kappa shape index (κ3) is 4.86. The van der Waals surface area contributed by atoms with Crippen LogP contribution in [-0.4, -0.2) is 42.7 Å². The Morgan fingerprint density at radius 1 is 1.27 bits per heavy atom. The zero-order chi connectivity index (χ0) is 21.7. The Balaban J connectivity index is 1.86. The normalized spacial score (nSPS) is 19.0. The Hall–Kier alpha value is -2.35. The molecule has 0 saturated carbocycles. The molecule has 3 rings (SSSR count). The Morgan fingerprint density at radius 2 is 2.07 bits per heavy atom. The van der Waals surface area contributed by atoms with Crippen molar-refractivity contribution in [3.63, 3.8) is 0 Å². The molecule has 1 aromatic heterocycles. The van der Waals surface area contributed by atoms with Gasteiger partial charge in [0, 0.05) is 19.2 Å². The fraction of sp³-hybridized carbons (Fsp3) is 0.455. The SMILES string of the molecule is CCOC(=O)C1(Cc2ccc(F)cc2F)CCCN(C(=O)c2ccc(CSC)o2)C1. The number of carbonyl (C=O) groups excluding carboxylic acids is 2. The van der Waals surface area contributed by atoms with Crippen LogP contribution in [0.5, 0.6) is 0 Å². The van der Waals surface area contributed by atoms with Crippen molar-refractivity contribution in [3.8, 4) is 0 Å². The van der Waals surface area contributed by atoms with E-state index in [1.165, 1.54) is 12.1 Å². The van der Waals surface area contributed by atoms with E-state index in [4.69, 9.17) is 9.15 Å². The van der Waals surface area contributed by atoms with Gasteiger partial charge in [0.25, 0.3) is 5.91 Å². The molecule has 1 amide bonds. The number of benzene rings is 1. The summed E-state index contributed by atoms with van der Waals surface area (Å²) in [6.45, 7) is 2.42. The highest BCUT2D eigenvalue weighted by Gasteiger charge is 2.45. The van der Waals surface area contributed by atoms with Crippen LogP contribution in [0.3, 0.4) is 0 Å². The molecule has 162 valence electrons. The molecule has 5 nitrogen and oxygen atoms in total. The smallest absolute Gasteiger partial charge is 0.314 e. The average Bonchev–Trinajstić information content (AvgIpc) is 3.19. The maximum atomic E-state index is 14.3. The number of hydrogen-bond donors (Lipinski definition) is 0. The number of ether oxygens (including phenoxy) is 1. The van der Waals surface area contributed by atoms with Crippen LogP contribution in [0, 0.1) is 17.0 Å². The van der Waals surface area contributed by atoms with Gasteiger partial charge in [-0.15, -0.1) is 0 Å². The highest BCUT2D eigenvalue weighted by Crippen LogP contribution is 2.36. The minimum absolute atomic E-state index is 0.0254. The van der Waals surface area contributed by atoms with E-state index in [0.717, 1.165) is 6.07 Å². The lowest BCUT2D eigenvalue weighted by atomic mass is 9.75. The van der Waals surface area contributed by atoms with Gasteiger partial charge < -0.3 is 14.1 Å². The van der Waals surface area contributed by atoms with Gasteiger partial charge in [0.15, 0.2) is 5.76 Å². The fourth-order valence-electron chi connectivity index (χ4n) is 3.87. The molecule has 1 unspecified atom stereocenters. The van der Waals surface area contributed by atoms with E-state index in [9.17, 15) is 18.4 Å². The second-order valence-corrected chi connectivity index (χ2v) is 8.31. The highest BCUT2D eigenvalue weighted by molar-refractivity contribution is 7.97. The number of rotatable bonds is 7. The number of likely N-dealkylation sites (tertiary alicyclic amines) is 1. The first kappa shape index (κ1) is 22.3. The molecule has 1 aromatic carbocycles. The molecule has 1 atom stereocenters. The molecule has 1 fully saturated rings. The summed E-state index contributed by atoms with van der Waals surface area (Å²) in [4.78, 5) is 27.5. The number of furan rings is 1. The van der Waals surface area contributed by atoms with Gasteiger partial charge in [-0.3, -0.25) is 9.59 Å². The molecule has 0 bridgehead atoms. The van der Waals surface area contributed by atoms with Gasteiger partial charge in [0.05, 0.1) is 17.8 Å². The lowest BCUT2D eigenvalue weighted by molar-refractivity contribution is -0.158. The molecule has 0 spiro atoms. The second kappa shape index (κ2) is 9.64. The van der Waals surface area contributed by atoms with Crippen LogP contribution in [0.15, 0.2) is 34.7 Å². The summed E-state index contributed by atoms with van der Waals surface area (Å²) in [5.74, 6) is -0.608. The number of hydrogen-bond acceptors (Lipinski definition) is 5. The van der Waals surface area contributed by atoms with Gasteiger partial charge in [0.2, 0.25) is 0 Å². The Kier molecular flexibility index (Phi) is 7.18. The molecular formula is C22H25F2NO4S. The van der Waals surface area contributed by atoms with Crippen LogP contribution >= 0.6 is 11.8 Å². The Morgan fingerprint density at radius 3 is 2.77 bits per heavy atom. The summed E-state index contributed by atoms with van der Waals surface area (Å²) in [6.07, 6.45) is 2.97. The third-order valence-corrected chi connectivity index (χ3v) is 5.85. The van der Waals surface area contributed by atoms with E-state index in [2.05, 4.69) is 0 Å². The van der Waals surface area contributed by atoms with Gasteiger partial charge in [0.1, 0.15) is 17.4 Å². The van der Waals surface area contributed by atoms with Crippen molar-refractivity contribution in [1.29, 1.82) is 0 Å². The first-order valence-electron chi connectivity index (χ1n) is 9.86. The molecule has 0 N–H and O–H groups in total. The van der Waals surface area contributed by atoms with Crippen molar-refractivity contribution < 1.29 is 27.5 Å². The maximum Gasteiger partial charge on any atom is 0.314 e. The summed E-state index contributed by atoms with van der Waals surface area (Å²) in [5, 5.41) is 0. The molecule has 2 heterocycles. The zero-order valence-electron chi connectivity index (χ0n) is 17.1. The van der Waals surface area contributed by atoms with Crippen LogP contribution in [0.2, 0.25) is 0 Å². The topological polar surface area (TPSA) is 59.8 Å². The number of thioether (sulfide) groups is 1. The molecule has 2 aromatic rings. The van der Waals surface area contributed by atoms with E-state index in [0.29, 0.717) is 30.9 Å². The second-order valence-electron chi connectivity index (χ2n) is 7.44. The van der Waals surface area contributed by atoms with E-state index in [1.807, 2.05) is 6.26 Å². The standard InChI is InChI=1S/C22H25F2NO4S/c1-3-28-21(27)22(12-15-5-6-16(23)11-18(15)24)9-4-10-25(14-22)20(26)19-8-7-17(29-19)13-30-2/h5-8,11H,3-4,9-10,12-14H2,1-2H3. The van der Waals surface area contributed by atoms with E-state index in [1.54, 1.807) is 35.7 Å². The first-order chi connectivity index (χ1) is 14.4. The number of piperidine rings is 1. The van der Waals surface area contributed by atoms with Crippen molar-refractivity contribution in [1.82, 2.24) is 4.90 Å². The fourth-order valence-corrected chi connectivity index (χ4v) is 4.31. The zero-order valence-corrected chi connectivity index (χ0v) is 17.9. The maximum absolute atomic E-state index is 14.3. The number of halogens is 2. The number of esters is 1. The average molecular weight is 438 g/mol. The minimum Gasteiger partial charge on any atom is -0.466 e. The molecule has 1 aliphatic rings. The Bertz CT molecular complexity index is 916. The van der Waals surface area contributed by atoms with Crippen LogP contribution in [0.1, 0.15) is 41.6 Å². The summed E-state index contributed by atoms with van der Waals surface area (Å²) in [7, 11) is 0. The summed E-state index contributed by atoms with van der Waals surface area (Å²) < 4.78 is 38.6. The van der Waals surface area contributed by atoms with Gasteiger partial charge in [-0.2, -0.15) is 11.8 Å². The monoisotopic (exact) mass is 437 g/mol. The van der Waals surface area contributed by atoms with Gasteiger partial charge >= 0.3 is 5.97 Å². The van der Waals surface area contributed by atoms with E-state index in [-0.39, 0.29) is 36.8 Å². The van der Waals surface area contributed by atoms with Crippen molar-refractivity contribution in [3.05, 3.63) is 59.1 Å². The first-order valence-corrected chi connectivity index (χ1v) is 11.3. The largest absolute Gasteiger partial charge is 0.466 e. The van der Waals surface area contributed by atoms with Gasteiger partial charge in [-0.05, 0) is 56.2 Å². The number of carbonyl (C=O) groups is 2. The summed E-state index contributed by atoms with van der Waals surface area (Å²) in [6, 6.07) is 6.71. The van der Waals surface area contributed by atoms with Crippen LogP contribution < -0.4 is 0 Å². The summed E-state index contributed by atoms with van der Waals surface area (Å²) >= 11 is 1.59. The number of amides is 1. The molecule has 1 saturated heterocycles. The van der Waals surface area contributed by atoms with E-state index < -0.39 is 23.0 Å². The quantitative estimate of drug-likeness (QED) is 0.599. The molecule has 8 heteroatoms. The van der Waals surface area contributed by atoms with Crippen LogP contribution in [0.25, 0.3) is 0 Å². The predicted molar refractivity (Wildman–Crippen MR) is 110 cm³/mol. The van der Waals surface area contributed by atoms with Crippen LogP contribution in [-0.2, 0) is 21.7 Å². The molecule has 0 radical (unpaired) electrons. The van der Waals surface area contributed by atoms with E-state index >= 15 is 0 Å². The van der Waals surface area contributed by atoms with Gasteiger partial charge in [-0.1, -0.05) is 6.07 Å². The molecule has 30 heavy (non-hydrogen) atoms. The predicted octanol–water partition coefficient (Wildman–Crippen LogP) is 4.45.